The SMILES string of the molecule is Cn1cnnc1CCNS(=O)(=O)c1ccc(N)cc1F. The van der Waals surface area contributed by atoms with Gasteiger partial charge in [-0.25, -0.2) is 17.5 Å². The second-order valence-electron chi connectivity index (χ2n) is 4.20. The molecule has 0 spiro atoms. The Morgan fingerprint density at radius 3 is 2.80 bits per heavy atom. The molecule has 1 heterocycles. The van der Waals surface area contributed by atoms with Crippen LogP contribution in [0.3, 0.4) is 0 Å². The fraction of sp³-hybridized carbons (Fsp3) is 0.273. The molecule has 0 fully saturated rings. The monoisotopic (exact) mass is 299 g/mol. The third-order valence-corrected chi connectivity index (χ3v) is 4.19. The standard InChI is InChI=1S/C11H14FN5O2S/c1-17-7-14-16-11(17)4-5-15-20(18,19)10-3-2-8(13)6-9(10)12/h2-3,6-7,15H,4-5,13H2,1H3. The average molecular weight is 299 g/mol. The maximum Gasteiger partial charge on any atom is 0.243 e. The summed E-state index contributed by atoms with van der Waals surface area (Å²) in [7, 11) is -2.16. The van der Waals surface area contributed by atoms with Crippen molar-refractivity contribution in [1.82, 2.24) is 19.5 Å². The maximum absolute atomic E-state index is 13.6. The van der Waals surface area contributed by atoms with E-state index in [4.69, 9.17) is 5.73 Å². The van der Waals surface area contributed by atoms with Crippen LogP contribution in [0.15, 0.2) is 29.4 Å². The summed E-state index contributed by atoms with van der Waals surface area (Å²) in [5.41, 5.74) is 5.55. The van der Waals surface area contributed by atoms with Crippen molar-refractivity contribution in [3.05, 3.63) is 36.2 Å². The van der Waals surface area contributed by atoms with Gasteiger partial charge in [-0.15, -0.1) is 10.2 Å². The highest BCUT2D eigenvalue weighted by molar-refractivity contribution is 7.89. The van der Waals surface area contributed by atoms with Crippen LogP contribution in [0, 0.1) is 5.82 Å². The Kier molecular flexibility index (Phi) is 4.00. The number of hydrogen-bond acceptors (Lipinski definition) is 5. The Labute approximate surface area is 115 Å². The number of nitrogen functional groups attached to an aromatic ring is 1. The molecule has 0 saturated heterocycles. The van der Waals surface area contributed by atoms with Crippen LogP contribution in [0.1, 0.15) is 5.82 Å². The van der Waals surface area contributed by atoms with Crippen molar-refractivity contribution in [3.63, 3.8) is 0 Å². The number of halogens is 1. The van der Waals surface area contributed by atoms with Crippen LogP contribution in [-0.2, 0) is 23.5 Å². The van der Waals surface area contributed by atoms with Gasteiger partial charge in [0.1, 0.15) is 22.9 Å². The summed E-state index contributed by atoms with van der Waals surface area (Å²) in [6, 6.07) is 3.44. The van der Waals surface area contributed by atoms with Crippen LogP contribution in [0.25, 0.3) is 0 Å². The van der Waals surface area contributed by atoms with Gasteiger partial charge in [-0.2, -0.15) is 0 Å². The molecule has 0 aliphatic rings. The number of rotatable bonds is 5. The lowest BCUT2D eigenvalue weighted by molar-refractivity contribution is 0.556. The van der Waals surface area contributed by atoms with E-state index in [0.29, 0.717) is 12.2 Å². The molecule has 2 rings (SSSR count). The normalized spacial score (nSPS) is 11.7. The van der Waals surface area contributed by atoms with Gasteiger partial charge in [0, 0.05) is 25.7 Å². The smallest absolute Gasteiger partial charge is 0.243 e. The molecule has 1 aromatic carbocycles. The minimum Gasteiger partial charge on any atom is -0.399 e. The Hall–Kier alpha value is -2.00. The first-order valence-corrected chi connectivity index (χ1v) is 7.26. The van der Waals surface area contributed by atoms with Crippen molar-refractivity contribution < 1.29 is 12.8 Å². The van der Waals surface area contributed by atoms with E-state index in [1.165, 1.54) is 12.4 Å². The summed E-state index contributed by atoms with van der Waals surface area (Å²) in [6.07, 6.45) is 1.87. The second-order valence-corrected chi connectivity index (χ2v) is 5.93. The van der Waals surface area contributed by atoms with Crippen molar-refractivity contribution in [2.24, 2.45) is 7.05 Å². The summed E-state index contributed by atoms with van der Waals surface area (Å²) >= 11 is 0. The lowest BCUT2D eigenvalue weighted by Gasteiger charge is -2.08. The molecular weight excluding hydrogens is 285 g/mol. The number of aryl methyl sites for hydroxylation is 1. The third kappa shape index (κ3) is 3.11. The molecule has 2 aromatic rings. The molecule has 1 aromatic heterocycles. The Morgan fingerprint density at radius 1 is 1.45 bits per heavy atom. The van der Waals surface area contributed by atoms with Gasteiger partial charge in [0.2, 0.25) is 10.0 Å². The minimum absolute atomic E-state index is 0.0959. The van der Waals surface area contributed by atoms with Gasteiger partial charge in [0.15, 0.2) is 0 Å². The quantitative estimate of drug-likeness (QED) is 0.760. The minimum atomic E-state index is -3.91. The first-order valence-electron chi connectivity index (χ1n) is 5.78. The topological polar surface area (TPSA) is 103 Å². The third-order valence-electron chi connectivity index (χ3n) is 2.69. The molecule has 0 aliphatic heterocycles. The van der Waals surface area contributed by atoms with Gasteiger partial charge in [0.05, 0.1) is 0 Å². The fourth-order valence-corrected chi connectivity index (χ4v) is 2.73. The van der Waals surface area contributed by atoms with Crippen molar-refractivity contribution >= 4 is 15.7 Å². The van der Waals surface area contributed by atoms with Gasteiger partial charge in [-0.3, -0.25) is 0 Å². The summed E-state index contributed by atoms with van der Waals surface area (Å²) in [5, 5.41) is 7.51. The Balaban J connectivity index is 2.06. The summed E-state index contributed by atoms with van der Waals surface area (Å²) in [6.45, 7) is 0.0959. The van der Waals surface area contributed by atoms with Crippen LogP contribution in [0.5, 0.6) is 0 Å². The number of sulfonamides is 1. The predicted molar refractivity (Wildman–Crippen MR) is 70.7 cm³/mol. The molecule has 0 radical (unpaired) electrons. The number of nitrogens with one attached hydrogen (secondary N) is 1. The summed E-state index contributed by atoms with van der Waals surface area (Å²) in [5.74, 6) is -0.248. The first-order chi connectivity index (χ1) is 9.40. The molecule has 0 atom stereocenters. The van der Waals surface area contributed by atoms with Crippen LogP contribution >= 0.6 is 0 Å². The molecule has 0 aliphatic carbocycles. The van der Waals surface area contributed by atoms with Gasteiger partial charge in [-0.1, -0.05) is 0 Å². The molecule has 108 valence electrons. The average Bonchev–Trinajstić information content (AvgIpc) is 2.74. The number of benzene rings is 1. The van der Waals surface area contributed by atoms with Crippen molar-refractivity contribution in [3.8, 4) is 0 Å². The lowest BCUT2D eigenvalue weighted by atomic mass is 10.3. The van der Waals surface area contributed by atoms with Crippen molar-refractivity contribution in [2.45, 2.75) is 11.3 Å². The lowest BCUT2D eigenvalue weighted by Crippen LogP contribution is -2.27. The number of nitrogens with two attached hydrogens (primary N) is 1. The molecule has 0 saturated carbocycles. The van der Waals surface area contributed by atoms with E-state index < -0.39 is 20.7 Å². The van der Waals surface area contributed by atoms with Crippen molar-refractivity contribution in [1.29, 1.82) is 0 Å². The van der Waals surface area contributed by atoms with E-state index >= 15 is 0 Å². The zero-order valence-corrected chi connectivity index (χ0v) is 11.6. The van der Waals surface area contributed by atoms with E-state index in [9.17, 15) is 12.8 Å². The van der Waals surface area contributed by atoms with E-state index in [1.807, 2.05) is 0 Å². The zero-order valence-electron chi connectivity index (χ0n) is 10.7. The number of hydrogen-bond donors (Lipinski definition) is 2. The van der Waals surface area contributed by atoms with Crippen LogP contribution in [0.4, 0.5) is 10.1 Å². The number of anilines is 1. The summed E-state index contributed by atoms with van der Waals surface area (Å²) < 4.78 is 41.5. The molecule has 20 heavy (non-hydrogen) atoms. The molecule has 0 amide bonds. The molecule has 3 N–H and O–H groups in total. The number of nitrogens with zero attached hydrogens (tertiary/aromatic N) is 3. The number of aromatic nitrogens is 3. The van der Waals surface area contributed by atoms with E-state index in [0.717, 1.165) is 12.1 Å². The van der Waals surface area contributed by atoms with E-state index in [2.05, 4.69) is 14.9 Å². The maximum atomic E-state index is 13.6. The fourth-order valence-electron chi connectivity index (χ4n) is 1.64. The molecular formula is C11H14FN5O2S. The van der Waals surface area contributed by atoms with Crippen LogP contribution < -0.4 is 10.5 Å². The molecule has 0 unspecified atom stereocenters. The highest BCUT2D eigenvalue weighted by atomic mass is 32.2. The van der Waals surface area contributed by atoms with Gasteiger partial charge in [-0.05, 0) is 18.2 Å². The highest BCUT2D eigenvalue weighted by Gasteiger charge is 2.18. The van der Waals surface area contributed by atoms with E-state index in [1.54, 1.807) is 11.6 Å². The molecule has 7 nitrogen and oxygen atoms in total. The van der Waals surface area contributed by atoms with Crippen LogP contribution in [-0.4, -0.2) is 29.7 Å². The Bertz CT molecular complexity index is 713. The zero-order chi connectivity index (χ0) is 14.8. The van der Waals surface area contributed by atoms with Crippen molar-refractivity contribution in [2.75, 3.05) is 12.3 Å². The summed E-state index contributed by atoms with van der Waals surface area (Å²) in [4.78, 5) is -0.426. The highest BCUT2D eigenvalue weighted by Crippen LogP contribution is 2.16. The second kappa shape index (κ2) is 5.55. The van der Waals surface area contributed by atoms with E-state index in [-0.39, 0.29) is 12.2 Å². The van der Waals surface area contributed by atoms with Gasteiger partial charge < -0.3 is 10.3 Å². The molecule has 9 heteroatoms. The molecule has 0 bridgehead atoms. The first kappa shape index (κ1) is 14.4. The largest absolute Gasteiger partial charge is 0.399 e. The van der Waals surface area contributed by atoms with Crippen LogP contribution in [0.2, 0.25) is 0 Å². The van der Waals surface area contributed by atoms with Gasteiger partial charge >= 0.3 is 0 Å². The van der Waals surface area contributed by atoms with Gasteiger partial charge in [0.25, 0.3) is 0 Å². The Morgan fingerprint density at radius 2 is 2.20 bits per heavy atom. The predicted octanol–water partition coefficient (Wildman–Crippen LogP) is 0.0574.